The van der Waals surface area contributed by atoms with Gasteiger partial charge in [0, 0.05) is 16.4 Å². The standard InChI is InChI=1S/C10H11BrN2.CO2/c1-3-9-8(11)4-5-10-12-7(2)6-13(9)10;2-1-3/h4-6H,3H2,1-2H3;. The van der Waals surface area contributed by atoms with Crippen molar-refractivity contribution in [2.75, 3.05) is 0 Å². The highest BCUT2D eigenvalue weighted by molar-refractivity contribution is 9.10. The van der Waals surface area contributed by atoms with Crippen molar-refractivity contribution in [3.8, 4) is 0 Å². The summed E-state index contributed by atoms with van der Waals surface area (Å²) in [6, 6.07) is 4.08. The van der Waals surface area contributed by atoms with E-state index in [9.17, 15) is 0 Å². The number of imidazole rings is 1. The van der Waals surface area contributed by atoms with E-state index in [1.54, 1.807) is 0 Å². The van der Waals surface area contributed by atoms with Gasteiger partial charge in [0.15, 0.2) is 0 Å². The fraction of sp³-hybridized carbons (Fsp3) is 0.273. The molecule has 2 aromatic rings. The van der Waals surface area contributed by atoms with Gasteiger partial charge in [-0.25, -0.2) is 4.98 Å². The van der Waals surface area contributed by atoms with Crippen LogP contribution in [-0.4, -0.2) is 15.5 Å². The molecule has 0 atom stereocenters. The van der Waals surface area contributed by atoms with Crippen molar-refractivity contribution in [3.63, 3.8) is 0 Å². The molecule has 0 saturated carbocycles. The van der Waals surface area contributed by atoms with Crippen LogP contribution < -0.4 is 0 Å². The quantitative estimate of drug-likeness (QED) is 0.807. The van der Waals surface area contributed by atoms with E-state index >= 15 is 0 Å². The first-order chi connectivity index (χ1) is 7.63. The summed E-state index contributed by atoms with van der Waals surface area (Å²) >= 11 is 3.54. The summed E-state index contributed by atoms with van der Waals surface area (Å²) in [6.45, 7) is 4.16. The number of aryl methyl sites for hydroxylation is 2. The lowest BCUT2D eigenvalue weighted by Crippen LogP contribution is -1.94. The summed E-state index contributed by atoms with van der Waals surface area (Å²) in [5, 5.41) is 0. The number of hydrogen-bond acceptors (Lipinski definition) is 3. The summed E-state index contributed by atoms with van der Waals surface area (Å²) in [7, 11) is 0. The van der Waals surface area contributed by atoms with Gasteiger partial charge in [-0.2, -0.15) is 9.59 Å². The van der Waals surface area contributed by atoms with Gasteiger partial charge in [-0.05, 0) is 41.4 Å². The van der Waals surface area contributed by atoms with Gasteiger partial charge in [-0.1, -0.05) is 6.92 Å². The third kappa shape index (κ3) is 2.56. The van der Waals surface area contributed by atoms with Crippen LogP contribution in [0.4, 0.5) is 0 Å². The van der Waals surface area contributed by atoms with Crippen molar-refractivity contribution in [3.05, 3.63) is 34.2 Å². The molecular formula is C11H11BrN2O2. The Morgan fingerprint density at radius 3 is 2.62 bits per heavy atom. The maximum absolute atomic E-state index is 8.12. The van der Waals surface area contributed by atoms with Crippen molar-refractivity contribution in [1.29, 1.82) is 0 Å². The molecule has 16 heavy (non-hydrogen) atoms. The second kappa shape index (κ2) is 5.58. The van der Waals surface area contributed by atoms with E-state index in [1.807, 2.05) is 13.0 Å². The minimum absolute atomic E-state index is 0.250. The first-order valence-corrected chi connectivity index (χ1v) is 5.55. The SMILES string of the molecule is CCc1c(Br)ccc2nc(C)cn12.O=C=O. The lowest BCUT2D eigenvalue weighted by atomic mass is 10.3. The number of rotatable bonds is 1. The second-order valence-corrected chi connectivity index (χ2v) is 4.03. The first kappa shape index (κ1) is 12.6. The Morgan fingerprint density at radius 1 is 1.44 bits per heavy atom. The first-order valence-electron chi connectivity index (χ1n) is 4.76. The molecule has 2 heterocycles. The minimum atomic E-state index is 0.250. The molecule has 2 rings (SSSR count). The van der Waals surface area contributed by atoms with E-state index in [4.69, 9.17) is 9.59 Å². The zero-order chi connectivity index (χ0) is 12.1. The highest BCUT2D eigenvalue weighted by atomic mass is 79.9. The molecular weight excluding hydrogens is 272 g/mol. The summed E-state index contributed by atoms with van der Waals surface area (Å²) < 4.78 is 3.29. The number of carbonyl (C=O) groups excluding carboxylic acids is 2. The van der Waals surface area contributed by atoms with Crippen LogP contribution >= 0.6 is 15.9 Å². The molecule has 4 nitrogen and oxygen atoms in total. The van der Waals surface area contributed by atoms with Crippen molar-refractivity contribution in [2.24, 2.45) is 0 Å². The van der Waals surface area contributed by atoms with Crippen molar-refractivity contribution in [1.82, 2.24) is 9.38 Å². The van der Waals surface area contributed by atoms with E-state index in [2.05, 4.69) is 44.5 Å². The average Bonchev–Trinajstić information content (AvgIpc) is 2.60. The monoisotopic (exact) mass is 282 g/mol. The van der Waals surface area contributed by atoms with E-state index < -0.39 is 0 Å². The molecule has 0 aromatic carbocycles. The summed E-state index contributed by atoms with van der Waals surface area (Å²) in [5.74, 6) is 0. The van der Waals surface area contributed by atoms with Gasteiger partial charge in [0.2, 0.25) is 0 Å². The number of nitrogens with zero attached hydrogens (tertiary/aromatic N) is 2. The fourth-order valence-corrected chi connectivity index (χ4v) is 2.15. The number of aromatic nitrogens is 2. The van der Waals surface area contributed by atoms with Gasteiger partial charge in [0.05, 0.1) is 5.69 Å². The Balaban J connectivity index is 0.000000386. The van der Waals surface area contributed by atoms with Gasteiger partial charge in [0.1, 0.15) is 5.65 Å². The Morgan fingerprint density at radius 2 is 2.06 bits per heavy atom. The van der Waals surface area contributed by atoms with Gasteiger partial charge < -0.3 is 4.40 Å². The van der Waals surface area contributed by atoms with E-state index in [1.165, 1.54) is 5.69 Å². The molecule has 5 heteroatoms. The lowest BCUT2D eigenvalue weighted by molar-refractivity contribution is -0.191. The fourth-order valence-electron chi connectivity index (χ4n) is 1.55. The lowest BCUT2D eigenvalue weighted by Gasteiger charge is -2.04. The topological polar surface area (TPSA) is 51.4 Å². The van der Waals surface area contributed by atoms with Gasteiger partial charge in [-0.15, -0.1) is 0 Å². The Kier molecular flexibility index (Phi) is 4.40. The van der Waals surface area contributed by atoms with Crippen molar-refractivity contribution < 1.29 is 9.59 Å². The Hall–Kier alpha value is -1.45. The minimum Gasteiger partial charge on any atom is -0.303 e. The molecule has 0 aliphatic heterocycles. The van der Waals surface area contributed by atoms with E-state index in [-0.39, 0.29) is 6.15 Å². The number of halogens is 1. The molecule has 0 N–H and O–H groups in total. The Bertz CT molecular complexity index is 528. The van der Waals surface area contributed by atoms with Gasteiger partial charge in [-0.3, -0.25) is 0 Å². The predicted molar refractivity (Wildman–Crippen MR) is 62.0 cm³/mol. The highest BCUT2D eigenvalue weighted by Gasteiger charge is 2.04. The maximum Gasteiger partial charge on any atom is 0.373 e. The number of pyridine rings is 1. The van der Waals surface area contributed by atoms with E-state index in [0.29, 0.717) is 0 Å². The smallest absolute Gasteiger partial charge is 0.303 e. The average molecular weight is 283 g/mol. The van der Waals surface area contributed by atoms with Crippen LogP contribution in [0.3, 0.4) is 0 Å². The molecule has 0 unspecified atom stereocenters. The van der Waals surface area contributed by atoms with Crippen LogP contribution in [0.1, 0.15) is 18.3 Å². The summed E-state index contributed by atoms with van der Waals surface area (Å²) in [4.78, 5) is 20.7. The van der Waals surface area contributed by atoms with Crippen LogP contribution in [0.5, 0.6) is 0 Å². The van der Waals surface area contributed by atoms with Gasteiger partial charge >= 0.3 is 6.15 Å². The molecule has 0 radical (unpaired) electrons. The summed E-state index contributed by atoms with van der Waals surface area (Å²) in [6.07, 6.45) is 3.33. The molecule has 0 aliphatic rings. The largest absolute Gasteiger partial charge is 0.373 e. The number of hydrogen-bond donors (Lipinski definition) is 0. The third-order valence-corrected chi connectivity index (χ3v) is 2.86. The Labute approximate surface area is 101 Å². The number of fused-ring (bicyclic) bond motifs is 1. The predicted octanol–water partition coefficient (Wildman–Crippen LogP) is 2.38. The van der Waals surface area contributed by atoms with Crippen LogP contribution in [-0.2, 0) is 16.0 Å². The molecule has 0 bridgehead atoms. The summed E-state index contributed by atoms with van der Waals surface area (Å²) in [5.41, 5.74) is 3.36. The molecule has 0 amide bonds. The molecule has 0 spiro atoms. The van der Waals surface area contributed by atoms with Crippen LogP contribution in [0, 0.1) is 6.92 Å². The van der Waals surface area contributed by atoms with Crippen LogP contribution in [0.2, 0.25) is 0 Å². The van der Waals surface area contributed by atoms with Crippen LogP contribution in [0.15, 0.2) is 22.8 Å². The second-order valence-electron chi connectivity index (χ2n) is 3.18. The molecule has 0 saturated heterocycles. The molecule has 2 aromatic heterocycles. The molecule has 0 fully saturated rings. The highest BCUT2D eigenvalue weighted by Crippen LogP contribution is 2.19. The zero-order valence-electron chi connectivity index (χ0n) is 9.03. The third-order valence-electron chi connectivity index (χ3n) is 2.13. The van der Waals surface area contributed by atoms with Crippen LogP contribution in [0.25, 0.3) is 5.65 Å². The molecule has 84 valence electrons. The zero-order valence-corrected chi connectivity index (χ0v) is 10.6. The van der Waals surface area contributed by atoms with Gasteiger partial charge in [0.25, 0.3) is 0 Å². The van der Waals surface area contributed by atoms with Crippen molar-refractivity contribution in [2.45, 2.75) is 20.3 Å². The van der Waals surface area contributed by atoms with Crippen molar-refractivity contribution >= 4 is 27.7 Å². The van der Waals surface area contributed by atoms with E-state index in [0.717, 1.165) is 22.2 Å². The normalized spacial score (nSPS) is 9.44. The molecule has 0 aliphatic carbocycles. The maximum atomic E-state index is 8.12.